The van der Waals surface area contributed by atoms with Gasteiger partial charge in [-0.15, -0.1) is 0 Å². The quantitative estimate of drug-likeness (QED) is 0.290. The van der Waals surface area contributed by atoms with Gasteiger partial charge in [0.15, 0.2) is 0 Å². The number of nitrogens with one attached hydrogen (secondary N) is 1. The van der Waals surface area contributed by atoms with Crippen molar-refractivity contribution >= 4 is 40.6 Å². The van der Waals surface area contributed by atoms with E-state index in [1.54, 1.807) is 6.08 Å². The first kappa shape index (κ1) is 20.2. The third-order valence-corrected chi connectivity index (χ3v) is 5.39. The highest BCUT2D eigenvalue weighted by Gasteiger charge is 2.33. The van der Waals surface area contributed by atoms with Gasteiger partial charge in [0.1, 0.15) is 18.1 Å². The zero-order chi connectivity index (χ0) is 20.9. The van der Waals surface area contributed by atoms with Crippen LogP contribution in [-0.2, 0) is 17.9 Å². The number of benzene rings is 3. The van der Waals surface area contributed by atoms with Crippen molar-refractivity contribution in [2.24, 2.45) is 0 Å². The molecule has 0 aliphatic carbocycles. The van der Waals surface area contributed by atoms with Gasteiger partial charge in [0.25, 0.3) is 5.91 Å². The van der Waals surface area contributed by atoms with Crippen LogP contribution in [0, 0.1) is 3.57 Å². The maximum absolute atomic E-state index is 12.8. The fraction of sp³-hybridized carbons (Fsp3) is 0.0833. The molecule has 1 saturated heterocycles. The van der Waals surface area contributed by atoms with Gasteiger partial charge >= 0.3 is 6.03 Å². The topological polar surface area (TPSA) is 58.6 Å². The summed E-state index contributed by atoms with van der Waals surface area (Å²) in [4.78, 5) is 26.3. The number of rotatable bonds is 6. The van der Waals surface area contributed by atoms with Gasteiger partial charge in [0, 0.05) is 9.13 Å². The Morgan fingerprint density at radius 2 is 1.57 bits per heavy atom. The second kappa shape index (κ2) is 9.13. The number of nitrogens with zero attached hydrogens (tertiary/aromatic N) is 1. The van der Waals surface area contributed by atoms with Crippen molar-refractivity contribution in [3.63, 3.8) is 0 Å². The Kier molecular flexibility index (Phi) is 6.13. The van der Waals surface area contributed by atoms with E-state index in [1.807, 2.05) is 78.9 Å². The average Bonchev–Trinajstić information content (AvgIpc) is 3.02. The van der Waals surface area contributed by atoms with E-state index in [-0.39, 0.29) is 18.1 Å². The van der Waals surface area contributed by atoms with Crippen LogP contribution in [0.5, 0.6) is 5.75 Å². The minimum Gasteiger partial charge on any atom is -0.488 e. The predicted octanol–water partition coefficient (Wildman–Crippen LogP) is 4.96. The lowest BCUT2D eigenvalue weighted by atomic mass is 10.1. The number of ether oxygens (including phenoxy) is 1. The molecule has 0 aromatic heterocycles. The summed E-state index contributed by atoms with van der Waals surface area (Å²) >= 11 is 2.26. The van der Waals surface area contributed by atoms with Crippen LogP contribution in [0.3, 0.4) is 0 Å². The van der Waals surface area contributed by atoms with Gasteiger partial charge in [-0.2, -0.15) is 0 Å². The van der Waals surface area contributed by atoms with Gasteiger partial charge in [0.2, 0.25) is 0 Å². The molecule has 6 heteroatoms. The molecule has 30 heavy (non-hydrogen) atoms. The van der Waals surface area contributed by atoms with E-state index in [0.29, 0.717) is 12.4 Å². The number of urea groups is 1. The lowest BCUT2D eigenvalue weighted by molar-refractivity contribution is -0.123. The molecular weight excluding hydrogens is 491 g/mol. The van der Waals surface area contributed by atoms with Crippen LogP contribution in [0.15, 0.2) is 84.6 Å². The lowest BCUT2D eigenvalue weighted by Crippen LogP contribution is -2.30. The fourth-order valence-corrected chi connectivity index (χ4v) is 3.47. The third-order valence-electron chi connectivity index (χ3n) is 4.67. The van der Waals surface area contributed by atoms with Crippen LogP contribution in [0.4, 0.5) is 4.79 Å². The minimum atomic E-state index is -0.424. The SMILES string of the molecule is O=C1N/C(=C/c2ccccc2OCc2ccc(I)cc2)C(=O)N1Cc1ccccc1. The van der Waals surface area contributed by atoms with E-state index in [2.05, 4.69) is 27.9 Å². The molecule has 150 valence electrons. The first-order valence-electron chi connectivity index (χ1n) is 9.45. The molecule has 0 bridgehead atoms. The van der Waals surface area contributed by atoms with Crippen molar-refractivity contribution in [2.45, 2.75) is 13.2 Å². The zero-order valence-corrected chi connectivity index (χ0v) is 18.2. The van der Waals surface area contributed by atoms with Gasteiger partial charge in [-0.1, -0.05) is 60.7 Å². The third kappa shape index (κ3) is 4.71. The molecule has 3 aromatic rings. The second-order valence-electron chi connectivity index (χ2n) is 6.82. The highest BCUT2D eigenvalue weighted by molar-refractivity contribution is 14.1. The van der Waals surface area contributed by atoms with Crippen LogP contribution < -0.4 is 10.1 Å². The van der Waals surface area contributed by atoms with Crippen molar-refractivity contribution in [2.75, 3.05) is 0 Å². The van der Waals surface area contributed by atoms with E-state index in [9.17, 15) is 9.59 Å². The highest BCUT2D eigenvalue weighted by Crippen LogP contribution is 2.24. The molecule has 0 atom stereocenters. The van der Waals surface area contributed by atoms with Crippen molar-refractivity contribution in [1.29, 1.82) is 0 Å². The molecule has 3 aromatic carbocycles. The summed E-state index contributed by atoms with van der Waals surface area (Å²) in [5, 5.41) is 2.67. The molecule has 1 aliphatic heterocycles. The van der Waals surface area contributed by atoms with Crippen LogP contribution in [0.25, 0.3) is 6.08 Å². The monoisotopic (exact) mass is 510 g/mol. The number of hydrogen-bond donors (Lipinski definition) is 1. The molecule has 0 radical (unpaired) electrons. The van der Waals surface area contributed by atoms with Gasteiger partial charge < -0.3 is 10.1 Å². The van der Waals surface area contributed by atoms with E-state index in [1.165, 1.54) is 4.90 Å². The van der Waals surface area contributed by atoms with E-state index in [0.717, 1.165) is 20.3 Å². The molecule has 0 spiro atoms. The maximum Gasteiger partial charge on any atom is 0.329 e. The Morgan fingerprint density at radius 1 is 0.867 bits per heavy atom. The maximum atomic E-state index is 12.8. The first-order valence-corrected chi connectivity index (χ1v) is 10.5. The lowest BCUT2D eigenvalue weighted by Gasteiger charge is -2.11. The largest absolute Gasteiger partial charge is 0.488 e. The number of para-hydroxylation sites is 1. The number of halogens is 1. The average molecular weight is 510 g/mol. The Morgan fingerprint density at radius 3 is 2.33 bits per heavy atom. The second-order valence-corrected chi connectivity index (χ2v) is 8.06. The van der Waals surface area contributed by atoms with E-state index in [4.69, 9.17) is 4.74 Å². The molecule has 3 amide bonds. The molecule has 0 saturated carbocycles. The summed E-state index contributed by atoms with van der Waals surface area (Å²) in [6.07, 6.45) is 1.66. The summed E-state index contributed by atoms with van der Waals surface area (Å²) in [6.45, 7) is 0.644. The van der Waals surface area contributed by atoms with Crippen molar-refractivity contribution in [3.8, 4) is 5.75 Å². The van der Waals surface area contributed by atoms with Crippen LogP contribution in [-0.4, -0.2) is 16.8 Å². The molecule has 0 unspecified atom stereocenters. The molecule has 1 heterocycles. The van der Waals surface area contributed by atoms with Crippen molar-refractivity contribution in [3.05, 3.63) is 105 Å². The first-order chi connectivity index (χ1) is 14.6. The summed E-state index contributed by atoms with van der Waals surface area (Å²) in [6, 6.07) is 24.6. The molecule has 4 rings (SSSR count). The number of carbonyl (C=O) groups is 2. The summed E-state index contributed by atoms with van der Waals surface area (Å²) in [7, 11) is 0. The van der Waals surface area contributed by atoms with Crippen molar-refractivity contribution in [1.82, 2.24) is 10.2 Å². The molecule has 1 N–H and O–H groups in total. The molecule has 1 aliphatic rings. The summed E-state index contributed by atoms with van der Waals surface area (Å²) < 4.78 is 7.14. The van der Waals surface area contributed by atoms with Crippen LogP contribution in [0.1, 0.15) is 16.7 Å². The van der Waals surface area contributed by atoms with E-state index >= 15 is 0 Å². The molecule has 5 nitrogen and oxygen atoms in total. The smallest absolute Gasteiger partial charge is 0.329 e. The Bertz CT molecular complexity index is 1090. The molecule has 1 fully saturated rings. The summed E-state index contributed by atoms with van der Waals surface area (Å²) in [5.74, 6) is 0.295. The Labute approximate surface area is 188 Å². The number of amides is 3. The fourth-order valence-electron chi connectivity index (χ4n) is 3.11. The zero-order valence-electron chi connectivity index (χ0n) is 16.0. The van der Waals surface area contributed by atoms with E-state index < -0.39 is 6.03 Å². The Balaban J connectivity index is 1.51. The Hall–Kier alpha value is -3.13. The van der Waals surface area contributed by atoms with Gasteiger partial charge in [-0.25, -0.2) is 4.79 Å². The number of imide groups is 1. The van der Waals surface area contributed by atoms with Crippen molar-refractivity contribution < 1.29 is 14.3 Å². The number of carbonyl (C=O) groups excluding carboxylic acids is 2. The highest BCUT2D eigenvalue weighted by atomic mass is 127. The predicted molar refractivity (Wildman–Crippen MR) is 123 cm³/mol. The normalized spacial score (nSPS) is 14.8. The number of hydrogen-bond acceptors (Lipinski definition) is 3. The van der Waals surface area contributed by atoms with Crippen LogP contribution >= 0.6 is 22.6 Å². The summed E-state index contributed by atoms with van der Waals surface area (Å²) in [5.41, 5.74) is 2.91. The van der Waals surface area contributed by atoms with Crippen LogP contribution in [0.2, 0.25) is 0 Å². The molecular formula is C24H19IN2O3. The standard InChI is InChI=1S/C24H19IN2O3/c25-20-12-10-18(11-13-20)16-30-22-9-5-4-8-19(22)14-21-23(28)27(24(29)26-21)15-17-6-2-1-3-7-17/h1-14H,15-16H2,(H,26,29)/b21-14+. The van der Waals surface area contributed by atoms with Gasteiger partial charge in [-0.3, -0.25) is 9.69 Å². The van der Waals surface area contributed by atoms with Gasteiger partial charge in [-0.05, 0) is 58.0 Å². The van der Waals surface area contributed by atoms with Gasteiger partial charge in [0.05, 0.1) is 6.54 Å². The minimum absolute atomic E-state index is 0.230.